The number of fused-ring (bicyclic) bond motifs is 1. The van der Waals surface area contributed by atoms with E-state index in [1.165, 1.54) is 17.5 Å². The van der Waals surface area contributed by atoms with Crippen LogP contribution in [0.15, 0.2) is 24.3 Å². The molecule has 22 heavy (non-hydrogen) atoms. The van der Waals surface area contributed by atoms with Crippen LogP contribution in [0.1, 0.15) is 49.7 Å². The Labute approximate surface area is 131 Å². The molecule has 1 atom stereocenters. The number of hydrogen-bond donors (Lipinski definition) is 3. The fourth-order valence-electron chi connectivity index (χ4n) is 2.45. The molecule has 0 aliphatic carbocycles. The molecule has 1 aromatic carbocycles. The Morgan fingerprint density at radius 3 is 2.32 bits per heavy atom. The Balaban J connectivity index is 0.000000225. The van der Waals surface area contributed by atoms with Crippen LogP contribution in [0.25, 0.3) is 0 Å². The van der Waals surface area contributed by atoms with Crippen LogP contribution >= 0.6 is 0 Å². The molecule has 0 saturated carbocycles. The van der Waals surface area contributed by atoms with Gasteiger partial charge in [-0.25, -0.2) is 0 Å². The number of hydrogen-bond acceptors (Lipinski definition) is 3. The predicted molar refractivity (Wildman–Crippen MR) is 85.2 cm³/mol. The second-order valence-electron chi connectivity index (χ2n) is 5.55. The van der Waals surface area contributed by atoms with E-state index in [0.717, 1.165) is 13.1 Å². The maximum Gasteiger partial charge on any atom is 0.303 e. The maximum absolute atomic E-state index is 9.90. The molecule has 5 heteroatoms. The van der Waals surface area contributed by atoms with Gasteiger partial charge in [-0.1, -0.05) is 31.2 Å². The predicted octanol–water partition coefficient (Wildman–Crippen LogP) is 2.65. The highest BCUT2D eigenvalue weighted by atomic mass is 16.4. The molecule has 0 amide bonds. The lowest BCUT2D eigenvalue weighted by atomic mass is 9.96. The van der Waals surface area contributed by atoms with E-state index in [1.807, 2.05) is 0 Å². The molecule has 0 saturated heterocycles. The molecular weight excluding hydrogens is 282 g/mol. The normalized spacial score (nSPS) is 16.7. The molecule has 5 nitrogen and oxygen atoms in total. The minimum atomic E-state index is -0.870. The quantitative estimate of drug-likeness (QED) is 0.728. The van der Waals surface area contributed by atoms with E-state index in [9.17, 15) is 9.59 Å². The van der Waals surface area contributed by atoms with Gasteiger partial charge in [0.25, 0.3) is 0 Å². The third kappa shape index (κ3) is 7.22. The van der Waals surface area contributed by atoms with Gasteiger partial charge in [0.15, 0.2) is 0 Å². The Kier molecular flexibility index (Phi) is 8.22. The molecule has 2 rings (SSSR count). The molecule has 0 spiro atoms. The van der Waals surface area contributed by atoms with E-state index in [1.54, 1.807) is 0 Å². The first-order valence-corrected chi connectivity index (χ1v) is 7.72. The third-order valence-corrected chi connectivity index (χ3v) is 3.64. The molecule has 1 aliphatic heterocycles. The lowest BCUT2D eigenvalue weighted by Gasteiger charge is -2.10. The zero-order chi connectivity index (χ0) is 16.4. The molecule has 1 unspecified atom stereocenters. The smallest absolute Gasteiger partial charge is 0.303 e. The van der Waals surface area contributed by atoms with Gasteiger partial charge in [0.05, 0.1) is 0 Å². The van der Waals surface area contributed by atoms with E-state index < -0.39 is 11.9 Å². The largest absolute Gasteiger partial charge is 0.481 e. The SMILES string of the molecule is CC1CNCCc2ccccc21.O=C(O)CCCCC(=O)O. The summed E-state index contributed by atoms with van der Waals surface area (Å²) in [6.07, 6.45) is 2.20. The van der Waals surface area contributed by atoms with Gasteiger partial charge in [-0.05, 0) is 42.9 Å². The van der Waals surface area contributed by atoms with Crippen molar-refractivity contribution in [3.05, 3.63) is 35.4 Å². The molecule has 1 aliphatic rings. The second kappa shape index (κ2) is 9.95. The zero-order valence-corrected chi connectivity index (χ0v) is 13.0. The van der Waals surface area contributed by atoms with Crippen molar-refractivity contribution in [3.8, 4) is 0 Å². The number of benzene rings is 1. The summed E-state index contributed by atoms with van der Waals surface area (Å²) in [5, 5.41) is 19.7. The average molecular weight is 307 g/mol. The molecular formula is C17H25NO4. The minimum Gasteiger partial charge on any atom is -0.481 e. The zero-order valence-electron chi connectivity index (χ0n) is 13.0. The van der Waals surface area contributed by atoms with Gasteiger partial charge in [0.1, 0.15) is 0 Å². The summed E-state index contributed by atoms with van der Waals surface area (Å²) in [6.45, 7) is 4.54. The van der Waals surface area contributed by atoms with Gasteiger partial charge in [-0.15, -0.1) is 0 Å². The summed E-state index contributed by atoms with van der Waals surface area (Å²) in [5.74, 6) is -1.07. The summed E-state index contributed by atoms with van der Waals surface area (Å²) in [5.41, 5.74) is 3.05. The topological polar surface area (TPSA) is 86.6 Å². The van der Waals surface area contributed by atoms with Gasteiger partial charge in [-0.3, -0.25) is 9.59 Å². The van der Waals surface area contributed by atoms with Crippen LogP contribution in [0, 0.1) is 0 Å². The number of carboxylic acids is 2. The number of carboxylic acid groups (broad SMARTS) is 2. The van der Waals surface area contributed by atoms with Crippen molar-refractivity contribution < 1.29 is 19.8 Å². The molecule has 0 aromatic heterocycles. The maximum atomic E-state index is 9.90. The van der Waals surface area contributed by atoms with Crippen LogP contribution in [0.3, 0.4) is 0 Å². The van der Waals surface area contributed by atoms with Crippen molar-refractivity contribution in [2.24, 2.45) is 0 Å². The highest BCUT2D eigenvalue weighted by Gasteiger charge is 2.12. The van der Waals surface area contributed by atoms with E-state index in [0.29, 0.717) is 18.8 Å². The van der Waals surface area contributed by atoms with Crippen molar-refractivity contribution >= 4 is 11.9 Å². The fourth-order valence-corrected chi connectivity index (χ4v) is 2.45. The lowest BCUT2D eigenvalue weighted by Crippen LogP contribution is -2.18. The summed E-state index contributed by atoms with van der Waals surface area (Å²) in [4.78, 5) is 19.8. The van der Waals surface area contributed by atoms with Crippen LogP contribution in [0.5, 0.6) is 0 Å². The summed E-state index contributed by atoms with van der Waals surface area (Å²) >= 11 is 0. The Bertz CT molecular complexity index is 471. The van der Waals surface area contributed by atoms with Crippen molar-refractivity contribution in [3.63, 3.8) is 0 Å². The molecule has 0 fully saturated rings. The number of aliphatic carboxylic acids is 2. The van der Waals surface area contributed by atoms with E-state index in [4.69, 9.17) is 10.2 Å². The first kappa shape index (κ1) is 18.2. The standard InChI is InChI=1S/C11H15N.C6H10O4/c1-9-8-12-7-6-10-4-2-3-5-11(9)10;7-5(8)3-1-2-4-6(9)10/h2-5,9,12H,6-8H2,1H3;1-4H2,(H,7,8)(H,9,10). The molecule has 0 bridgehead atoms. The highest BCUT2D eigenvalue weighted by Crippen LogP contribution is 2.21. The van der Waals surface area contributed by atoms with E-state index in [2.05, 4.69) is 36.5 Å². The number of nitrogens with one attached hydrogen (secondary N) is 1. The van der Waals surface area contributed by atoms with Gasteiger partial charge < -0.3 is 15.5 Å². The first-order valence-electron chi connectivity index (χ1n) is 7.72. The number of carbonyl (C=O) groups is 2. The molecule has 122 valence electrons. The van der Waals surface area contributed by atoms with Crippen molar-refractivity contribution in [2.75, 3.05) is 13.1 Å². The monoisotopic (exact) mass is 307 g/mol. The number of unbranched alkanes of at least 4 members (excludes halogenated alkanes) is 1. The fraction of sp³-hybridized carbons (Fsp3) is 0.529. The highest BCUT2D eigenvalue weighted by molar-refractivity contribution is 5.67. The lowest BCUT2D eigenvalue weighted by molar-refractivity contribution is -0.139. The van der Waals surface area contributed by atoms with Gasteiger partial charge in [0.2, 0.25) is 0 Å². The first-order chi connectivity index (χ1) is 10.5. The van der Waals surface area contributed by atoms with Crippen molar-refractivity contribution in [1.29, 1.82) is 0 Å². The van der Waals surface area contributed by atoms with Crippen molar-refractivity contribution in [2.45, 2.75) is 44.9 Å². The van der Waals surface area contributed by atoms with Crippen LogP contribution in [0.4, 0.5) is 0 Å². The number of rotatable bonds is 5. The Morgan fingerprint density at radius 2 is 1.73 bits per heavy atom. The third-order valence-electron chi connectivity index (χ3n) is 3.64. The second-order valence-corrected chi connectivity index (χ2v) is 5.55. The molecule has 1 heterocycles. The Morgan fingerprint density at radius 1 is 1.14 bits per heavy atom. The van der Waals surface area contributed by atoms with Gasteiger partial charge in [-0.2, -0.15) is 0 Å². The van der Waals surface area contributed by atoms with E-state index >= 15 is 0 Å². The average Bonchev–Trinajstić information content (AvgIpc) is 2.66. The van der Waals surface area contributed by atoms with Crippen LogP contribution in [0.2, 0.25) is 0 Å². The summed E-state index contributed by atoms with van der Waals surface area (Å²) < 4.78 is 0. The minimum absolute atomic E-state index is 0.0628. The Hall–Kier alpha value is -1.88. The van der Waals surface area contributed by atoms with Gasteiger partial charge in [0, 0.05) is 19.4 Å². The van der Waals surface area contributed by atoms with Gasteiger partial charge >= 0.3 is 11.9 Å². The molecule has 1 aromatic rings. The summed E-state index contributed by atoms with van der Waals surface area (Å²) in [7, 11) is 0. The summed E-state index contributed by atoms with van der Waals surface area (Å²) in [6, 6.07) is 8.78. The molecule has 0 radical (unpaired) electrons. The van der Waals surface area contributed by atoms with Crippen molar-refractivity contribution in [1.82, 2.24) is 5.32 Å². The van der Waals surface area contributed by atoms with E-state index in [-0.39, 0.29) is 12.8 Å². The molecule has 3 N–H and O–H groups in total. The van der Waals surface area contributed by atoms with Crippen LogP contribution in [-0.2, 0) is 16.0 Å². The van der Waals surface area contributed by atoms with Crippen LogP contribution in [-0.4, -0.2) is 35.2 Å². The van der Waals surface area contributed by atoms with Crippen LogP contribution < -0.4 is 5.32 Å².